The highest BCUT2D eigenvalue weighted by Gasteiger charge is 2.32. The van der Waals surface area contributed by atoms with Crippen LogP contribution in [0, 0.1) is 0 Å². The molecule has 2 amide bonds. The predicted molar refractivity (Wildman–Crippen MR) is 69.7 cm³/mol. The lowest BCUT2D eigenvalue weighted by Crippen LogP contribution is -2.57. The minimum Gasteiger partial charge on any atom is -0.383 e. The quantitative estimate of drug-likeness (QED) is 0.557. The zero-order valence-electron chi connectivity index (χ0n) is 11.6. The van der Waals surface area contributed by atoms with E-state index in [9.17, 15) is 9.59 Å². The van der Waals surface area contributed by atoms with E-state index in [4.69, 9.17) is 9.47 Å². The number of amides is 2. The van der Waals surface area contributed by atoms with E-state index < -0.39 is 6.04 Å². The van der Waals surface area contributed by atoms with Gasteiger partial charge < -0.3 is 25.0 Å². The molecule has 110 valence electrons. The summed E-state index contributed by atoms with van der Waals surface area (Å²) in [6.07, 6.45) is 0. The molecule has 7 heteroatoms. The first-order valence-corrected chi connectivity index (χ1v) is 6.55. The van der Waals surface area contributed by atoms with Crippen molar-refractivity contribution in [2.75, 3.05) is 53.1 Å². The van der Waals surface area contributed by atoms with Crippen LogP contribution >= 0.6 is 0 Å². The van der Waals surface area contributed by atoms with Crippen LogP contribution in [0.5, 0.6) is 0 Å². The lowest BCUT2D eigenvalue weighted by Gasteiger charge is -2.34. The summed E-state index contributed by atoms with van der Waals surface area (Å²) in [5.74, 6) is -0.247. The Hall–Kier alpha value is -1.18. The van der Waals surface area contributed by atoms with Crippen LogP contribution in [0.15, 0.2) is 0 Å². The Bertz CT molecular complexity index is 299. The standard InChI is InChI=1S/C12H23N3O4/c1-3-14-12(17)10-9-19-7-5-15(10)11(16)8-13-4-6-18-2/h10,13H,3-9H2,1-2H3,(H,14,17). The van der Waals surface area contributed by atoms with Gasteiger partial charge in [-0.05, 0) is 6.92 Å². The second-order valence-electron chi connectivity index (χ2n) is 4.24. The van der Waals surface area contributed by atoms with Gasteiger partial charge >= 0.3 is 0 Å². The zero-order valence-corrected chi connectivity index (χ0v) is 11.6. The lowest BCUT2D eigenvalue weighted by atomic mass is 10.2. The summed E-state index contributed by atoms with van der Waals surface area (Å²) in [6.45, 7) is 4.94. The average Bonchev–Trinajstić information content (AvgIpc) is 2.43. The molecule has 2 N–H and O–H groups in total. The maximum atomic E-state index is 12.1. The minimum atomic E-state index is -0.523. The summed E-state index contributed by atoms with van der Waals surface area (Å²) in [5, 5.41) is 5.71. The third-order valence-electron chi connectivity index (χ3n) is 2.86. The fraction of sp³-hybridized carbons (Fsp3) is 0.833. The Balaban J connectivity index is 2.46. The van der Waals surface area contributed by atoms with E-state index in [1.807, 2.05) is 6.92 Å². The fourth-order valence-corrected chi connectivity index (χ4v) is 1.88. The minimum absolute atomic E-state index is 0.0874. The van der Waals surface area contributed by atoms with E-state index in [0.29, 0.717) is 32.8 Å². The Kier molecular flexibility index (Phi) is 7.39. The molecule has 1 fully saturated rings. The Morgan fingerprint density at radius 2 is 2.26 bits per heavy atom. The van der Waals surface area contributed by atoms with Gasteiger partial charge in [0.05, 0.1) is 26.4 Å². The number of methoxy groups -OCH3 is 1. The molecule has 1 saturated heterocycles. The third-order valence-corrected chi connectivity index (χ3v) is 2.86. The van der Waals surface area contributed by atoms with Crippen molar-refractivity contribution in [1.82, 2.24) is 15.5 Å². The number of nitrogens with one attached hydrogen (secondary N) is 2. The normalized spacial score (nSPS) is 19.3. The summed E-state index contributed by atoms with van der Waals surface area (Å²) in [6, 6.07) is -0.523. The molecule has 0 aromatic rings. The maximum Gasteiger partial charge on any atom is 0.245 e. The van der Waals surface area contributed by atoms with Gasteiger partial charge in [0.2, 0.25) is 11.8 Å². The smallest absolute Gasteiger partial charge is 0.245 e. The van der Waals surface area contributed by atoms with Crippen molar-refractivity contribution in [1.29, 1.82) is 0 Å². The van der Waals surface area contributed by atoms with Crippen molar-refractivity contribution < 1.29 is 19.1 Å². The second-order valence-corrected chi connectivity index (χ2v) is 4.24. The van der Waals surface area contributed by atoms with Gasteiger partial charge in [-0.3, -0.25) is 9.59 Å². The monoisotopic (exact) mass is 273 g/mol. The van der Waals surface area contributed by atoms with Gasteiger partial charge in [-0.15, -0.1) is 0 Å². The second kappa shape index (κ2) is 8.84. The summed E-state index contributed by atoms with van der Waals surface area (Å²) in [5.41, 5.74) is 0. The molecule has 0 radical (unpaired) electrons. The fourth-order valence-electron chi connectivity index (χ4n) is 1.88. The highest BCUT2D eigenvalue weighted by Crippen LogP contribution is 2.07. The van der Waals surface area contributed by atoms with Crippen LogP contribution in [0.1, 0.15) is 6.92 Å². The molecule has 7 nitrogen and oxygen atoms in total. The molecule has 1 aliphatic heterocycles. The van der Waals surface area contributed by atoms with Crippen LogP contribution in [-0.2, 0) is 19.1 Å². The molecule has 0 aliphatic carbocycles. The van der Waals surface area contributed by atoms with Crippen LogP contribution in [0.2, 0.25) is 0 Å². The van der Waals surface area contributed by atoms with E-state index in [2.05, 4.69) is 10.6 Å². The predicted octanol–water partition coefficient (Wildman–Crippen LogP) is -1.41. The number of morpholine rings is 1. The van der Waals surface area contributed by atoms with E-state index in [1.54, 1.807) is 12.0 Å². The van der Waals surface area contributed by atoms with Crippen molar-refractivity contribution in [3.63, 3.8) is 0 Å². The molecular formula is C12H23N3O4. The third kappa shape index (κ3) is 5.14. The number of carbonyl (C=O) groups is 2. The van der Waals surface area contributed by atoms with Gasteiger partial charge in [-0.2, -0.15) is 0 Å². The van der Waals surface area contributed by atoms with Gasteiger partial charge in [-0.1, -0.05) is 0 Å². The van der Waals surface area contributed by atoms with Gasteiger partial charge in [-0.25, -0.2) is 0 Å². The number of hydrogen-bond donors (Lipinski definition) is 2. The first kappa shape index (κ1) is 15.9. The molecule has 1 rings (SSSR count). The number of likely N-dealkylation sites (N-methyl/N-ethyl adjacent to an activating group) is 1. The van der Waals surface area contributed by atoms with Crippen molar-refractivity contribution in [3.8, 4) is 0 Å². The zero-order chi connectivity index (χ0) is 14.1. The summed E-state index contributed by atoms with van der Waals surface area (Å²) in [4.78, 5) is 25.5. The maximum absolute atomic E-state index is 12.1. The van der Waals surface area contributed by atoms with Crippen molar-refractivity contribution in [2.45, 2.75) is 13.0 Å². The highest BCUT2D eigenvalue weighted by atomic mass is 16.5. The number of carbonyl (C=O) groups excluding carboxylic acids is 2. The number of rotatable bonds is 7. The molecule has 1 heterocycles. The Morgan fingerprint density at radius 3 is 2.95 bits per heavy atom. The van der Waals surface area contributed by atoms with Crippen LogP contribution in [0.4, 0.5) is 0 Å². The SMILES string of the molecule is CCNC(=O)C1COCCN1C(=O)CNCCOC. The van der Waals surface area contributed by atoms with Gasteiger partial charge in [0.1, 0.15) is 6.04 Å². The first-order valence-electron chi connectivity index (χ1n) is 6.55. The summed E-state index contributed by atoms with van der Waals surface area (Å²) < 4.78 is 10.2. The molecule has 1 unspecified atom stereocenters. The highest BCUT2D eigenvalue weighted by molar-refractivity contribution is 5.88. The topological polar surface area (TPSA) is 79.9 Å². The van der Waals surface area contributed by atoms with Crippen LogP contribution in [0.25, 0.3) is 0 Å². The largest absolute Gasteiger partial charge is 0.383 e. The first-order chi connectivity index (χ1) is 9.20. The average molecular weight is 273 g/mol. The number of ether oxygens (including phenoxy) is 2. The van der Waals surface area contributed by atoms with Gasteiger partial charge in [0, 0.05) is 26.7 Å². The molecule has 0 aromatic heterocycles. The van der Waals surface area contributed by atoms with Crippen LogP contribution in [-0.4, -0.2) is 75.9 Å². The Morgan fingerprint density at radius 1 is 1.47 bits per heavy atom. The van der Waals surface area contributed by atoms with Crippen LogP contribution in [0.3, 0.4) is 0 Å². The number of hydrogen-bond acceptors (Lipinski definition) is 5. The van der Waals surface area contributed by atoms with E-state index in [0.717, 1.165) is 0 Å². The molecular weight excluding hydrogens is 250 g/mol. The van der Waals surface area contributed by atoms with Crippen molar-refractivity contribution in [2.24, 2.45) is 0 Å². The van der Waals surface area contributed by atoms with E-state index in [1.165, 1.54) is 0 Å². The lowest BCUT2D eigenvalue weighted by molar-refractivity contribution is -0.147. The Labute approximate surface area is 113 Å². The molecule has 1 aliphatic rings. The van der Waals surface area contributed by atoms with E-state index in [-0.39, 0.29) is 25.0 Å². The molecule has 0 saturated carbocycles. The van der Waals surface area contributed by atoms with Gasteiger partial charge in [0.25, 0.3) is 0 Å². The molecule has 19 heavy (non-hydrogen) atoms. The van der Waals surface area contributed by atoms with Crippen molar-refractivity contribution in [3.05, 3.63) is 0 Å². The summed E-state index contributed by atoms with van der Waals surface area (Å²) >= 11 is 0. The summed E-state index contributed by atoms with van der Waals surface area (Å²) in [7, 11) is 1.61. The molecule has 0 spiro atoms. The molecule has 0 bridgehead atoms. The van der Waals surface area contributed by atoms with E-state index >= 15 is 0 Å². The van der Waals surface area contributed by atoms with Crippen LogP contribution < -0.4 is 10.6 Å². The molecule has 1 atom stereocenters. The number of nitrogens with zero attached hydrogens (tertiary/aromatic N) is 1. The van der Waals surface area contributed by atoms with Gasteiger partial charge in [0.15, 0.2) is 0 Å². The molecule has 0 aromatic carbocycles. The van der Waals surface area contributed by atoms with Crippen molar-refractivity contribution >= 4 is 11.8 Å².